The van der Waals surface area contributed by atoms with Crippen molar-refractivity contribution >= 4 is 17.6 Å². The first-order valence-corrected chi connectivity index (χ1v) is 6.14. The summed E-state index contributed by atoms with van der Waals surface area (Å²) in [5.74, 6) is -2.12. The maximum atomic E-state index is 12.1. The third kappa shape index (κ3) is 3.91. The molecule has 2 N–H and O–H groups in total. The normalized spacial score (nSPS) is 11.8. The molecule has 0 radical (unpaired) electrons. The van der Waals surface area contributed by atoms with E-state index in [9.17, 15) is 19.7 Å². The Hall–Kier alpha value is -2.64. The van der Waals surface area contributed by atoms with E-state index in [-0.39, 0.29) is 22.9 Å². The van der Waals surface area contributed by atoms with E-state index in [1.54, 1.807) is 13.8 Å². The predicted octanol–water partition coefficient (Wildman–Crippen LogP) is 1.44. The van der Waals surface area contributed by atoms with Crippen LogP contribution in [0.3, 0.4) is 0 Å². The Morgan fingerprint density at radius 1 is 1.38 bits per heavy atom. The topological polar surface area (TPSA) is 119 Å². The molecule has 0 saturated carbocycles. The largest absolute Gasteiger partial charge is 0.496 e. The van der Waals surface area contributed by atoms with Crippen LogP contribution in [0.2, 0.25) is 0 Å². The molecule has 0 aliphatic carbocycles. The van der Waals surface area contributed by atoms with Crippen LogP contribution in [-0.4, -0.2) is 35.1 Å². The van der Waals surface area contributed by atoms with Crippen molar-refractivity contribution in [1.29, 1.82) is 0 Å². The van der Waals surface area contributed by atoms with E-state index in [1.807, 2.05) is 0 Å². The lowest BCUT2D eigenvalue weighted by Crippen LogP contribution is -2.44. The van der Waals surface area contributed by atoms with E-state index in [1.165, 1.54) is 13.2 Å². The number of nitrogens with one attached hydrogen (secondary N) is 1. The molecule has 0 aromatic heterocycles. The molecule has 1 atom stereocenters. The second kappa shape index (κ2) is 6.69. The van der Waals surface area contributed by atoms with E-state index in [0.29, 0.717) is 0 Å². The van der Waals surface area contributed by atoms with Gasteiger partial charge in [0.05, 0.1) is 23.7 Å². The predicted molar refractivity (Wildman–Crippen MR) is 73.4 cm³/mol. The second-order valence-corrected chi connectivity index (χ2v) is 4.68. The number of hydrogen-bond acceptors (Lipinski definition) is 5. The van der Waals surface area contributed by atoms with Gasteiger partial charge in [0.25, 0.3) is 11.6 Å². The minimum absolute atomic E-state index is 0.00888. The molecule has 0 bridgehead atoms. The number of methoxy groups -OCH3 is 1. The Labute approximate surface area is 120 Å². The number of carbonyl (C=O) groups is 2. The van der Waals surface area contributed by atoms with Crippen LogP contribution in [0, 0.1) is 16.0 Å². The van der Waals surface area contributed by atoms with Crippen molar-refractivity contribution in [2.45, 2.75) is 19.9 Å². The quantitative estimate of drug-likeness (QED) is 0.605. The van der Waals surface area contributed by atoms with Crippen molar-refractivity contribution in [1.82, 2.24) is 5.32 Å². The Kier molecular flexibility index (Phi) is 5.23. The number of carboxylic acids is 1. The van der Waals surface area contributed by atoms with Gasteiger partial charge >= 0.3 is 5.97 Å². The van der Waals surface area contributed by atoms with Crippen LogP contribution < -0.4 is 10.1 Å². The summed E-state index contributed by atoms with van der Waals surface area (Å²) < 4.78 is 4.95. The van der Waals surface area contributed by atoms with Gasteiger partial charge in [-0.2, -0.15) is 0 Å². The number of carboxylic acid groups (broad SMARTS) is 1. The van der Waals surface area contributed by atoms with Crippen LogP contribution in [0.1, 0.15) is 24.2 Å². The second-order valence-electron chi connectivity index (χ2n) is 4.68. The summed E-state index contributed by atoms with van der Waals surface area (Å²) in [4.78, 5) is 33.2. The number of ether oxygens (including phenoxy) is 1. The van der Waals surface area contributed by atoms with Gasteiger partial charge in [-0.1, -0.05) is 13.8 Å². The van der Waals surface area contributed by atoms with E-state index in [4.69, 9.17) is 9.84 Å². The Morgan fingerprint density at radius 3 is 2.43 bits per heavy atom. The molecule has 0 saturated heterocycles. The molecule has 0 aliphatic heterocycles. The first kappa shape index (κ1) is 16.4. The van der Waals surface area contributed by atoms with E-state index in [0.717, 1.165) is 12.1 Å². The van der Waals surface area contributed by atoms with E-state index in [2.05, 4.69) is 5.32 Å². The molecule has 0 spiro atoms. The lowest BCUT2D eigenvalue weighted by Gasteiger charge is -2.18. The molecule has 1 aromatic rings. The van der Waals surface area contributed by atoms with E-state index >= 15 is 0 Å². The molecule has 21 heavy (non-hydrogen) atoms. The maximum Gasteiger partial charge on any atom is 0.326 e. The van der Waals surface area contributed by atoms with Crippen molar-refractivity contribution in [2.24, 2.45) is 5.92 Å². The SMILES string of the molecule is COc1cc([N+](=O)[O-])ccc1C(=O)N[C@@H](C(=O)O)C(C)C. The minimum Gasteiger partial charge on any atom is -0.496 e. The van der Waals surface area contributed by atoms with Gasteiger partial charge in [-0.25, -0.2) is 4.79 Å². The lowest BCUT2D eigenvalue weighted by molar-refractivity contribution is -0.384. The summed E-state index contributed by atoms with van der Waals surface area (Å²) in [5, 5.41) is 22.1. The Morgan fingerprint density at radius 2 is 2.00 bits per heavy atom. The lowest BCUT2D eigenvalue weighted by atomic mass is 10.0. The number of nitrogens with zero attached hydrogens (tertiary/aromatic N) is 1. The zero-order chi connectivity index (χ0) is 16.2. The molecule has 0 aliphatic rings. The van der Waals surface area contributed by atoms with Crippen molar-refractivity contribution in [3.63, 3.8) is 0 Å². The van der Waals surface area contributed by atoms with Crippen LogP contribution in [-0.2, 0) is 4.79 Å². The zero-order valence-corrected chi connectivity index (χ0v) is 11.8. The number of aliphatic carboxylic acids is 1. The summed E-state index contributed by atoms with van der Waals surface area (Å²) in [6.07, 6.45) is 0. The molecular weight excluding hydrogens is 280 g/mol. The number of hydrogen-bond donors (Lipinski definition) is 2. The molecule has 0 heterocycles. The molecule has 114 valence electrons. The van der Waals surface area contributed by atoms with Crippen molar-refractivity contribution in [2.75, 3.05) is 7.11 Å². The fraction of sp³-hybridized carbons (Fsp3) is 0.385. The van der Waals surface area contributed by atoms with Gasteiger partial charge in [0.2, 0.25) is 0 Å². The Bertz CT molecular complexity index is 570. The van der Waals surface area contributed by atoms with Gasteiger partial charge in [-0.05, 0) is 12.0 Å². The van der Waals surface area contributed by atoms with Crippen LogP contribution in [0.5, 0.6) is 5.75 Å². The summed E-state index contributed by atoms with van der Waals surface area (Å²) in [7, 11) is 1.27. The highest BCUT2D eigenvalue weighted by atomic mass is 16.6. The van der Waals surface area contributed by atoms with E-state index < -0.39 is 22.8 Å². The van der Waals surface area contributed by atoms with Crippen molar-refractivity contribution in [3.05, 3.63) is 33.9 Å². The standard InChI is InChI=1S/C13H16N2O6/c1-7(2)11(13(17)18)14-12(16)9-5-4-8(15(19)20)6-10(9)21-3/h4-7,11H,1-3H3,(H,14,16)(H,17,18)/t11-/m1/s1. The number of non-ortho nitro benzene ring substituents is 1. The number of carbonyl (C=O) groups excluding carboxylic acids is 1. The molecule has 1 amide bonds. The fourth-order valence-corrected chi connectivity index (χ4v) is 1.71. The highest BCUT2D eigenvalue weighted by Gasteiger charge is 2.26. The summed E-state index contributed by atoms with van der Waals surface area (Å²) in [5.41, 5.74) is -0.183. The van der Waals surface area contributed by atoms with Crippen molar-refractivity contribution < 1.29 is 24.4 Å². The highest BCUT2D eigenvalue weighted by molar-refractivity contribution is 5.99. The van der Waals surface area contributed by atoms with Gasteiger partial charge in [-0.15, -0.1) is 0 Å². The average molecular weight is 296 g/mol. The number of nitro benzene ring substituents is 1. The fourth-order valence-electron chi connectivity index (χ4n) is 1.71. The highest BCUT2D eigenvalue weighted by Crippen LogP contribution is 2.24. The number of amides is 1. The van der Waals surface area contributed by atoms with Gasteiger partial charge in [0, 0.05) is 6.07 Å². The number of benzene rings is 1. The molecule has 8 heteroatoms. The summed E-state index contributed by atoms with van der Waals surface area (Å²) >= 11 is 0. The van der Waals surface area contributed by atoms with Crippen LogP contribution in [0.4, 0.5) is 5.69 Å². The Balaban J connectivity index is 3.07. The molecule has 1 aromatic carbocycles. The van der Waals surface area contributed by atoms with Gasteiger partial charge in [0.1, 0.15) is 11.8 Å². The van der Waals surface area contributed by atoms with Gasteiger partial charge in [0.15, 0.2) is 0 Å². The zero-order valence-electron chi connectivity index (χ0n) is 11.8. The first-order valence-electron chi connectivity index (χ1n) is 6.14. The minimum atomic E-state index is -1.15. The number of nitro groups is 1. The summed E-state index contributed by atoms with van der Waals surface area (Å²) in [6.45, 7) is 3.32. The van der Waals surface area contributed by atoms with Gasteiger partial charge < -0.3 is 15.2 Å². The molecule has 1 rings (SSSR count). The number of rotatable bonds is 6. The smallest absolute Gasteiger partial charge is 0.326 e. The van der Waals surface area contributed by atoms with Crippen LogP contribution in [0.15, 0.2) is 18.2 Å². The van der Waals surface area contributed by atoms with Crippen LogP contribution >= 0.6 is 0 Å². The summed E-state index contributed by atoms with van der Waals surface area (Å²) in [6, 6.07) is 2.44. The molecular formula is C13H16N2O6. The third-order valence-corrected chi connectivity index (χ3v) is 2.86. The first-order chi connectivity index (χ1) is 9.77. The van der Waals surface area contributed by atoms with Crippen molar-refractivity contribution in [3.8, 4) is 5.75 Å². The maximum absolute atomic E-state index is 12.1. The molecule has 0 unspecified atom stereocenters. The average Bonchev–Trinajstić information content (AvgIpc) is 2.42. The molecule has 0 fully saturated rings. The third-order valence-electron chi connectivity index (χ3n) is 2.86. The van der Waals surface area contributed by atoms with Gasteiger partial charge in [-0.3, -0.25) is 14.9 Å². The monoisotopic (exact) mass is 296 g/mol. The van der Waals surface area contributed by atoms with Crippen LogP contribution in [0.25, 0.3) is 0 Å². The molecule has 8 nitrogen and oxygen atoms in total.